The Morgan fingerprint density at radius 1 is 1.30 bits per heavy atom. The number of aliphatic imine (C=N–C) groups is 1. The number of nitrogens with two attached hydrogens (primary N) is 2. The molecule has 3 fully saturated rings. The van der Waals surface area contributed by atoms with E-state index in [1.54, 1.807) is 18.7 Å². The predicted molar refractivity (Wildman–Crippen MR) is 114 cm³/mol. The summed E-state index contributed by atoms with van der Waals surface area (Å²) in [4.78, 5) is 33.3. The van der Waals surface area contributed by atoms with Crippen LogP contribution in [0.4, 0.5) is 0 Å². The van der Waals surface area contributed by atoms with Crippen LogP contribution in [0, 0.1) is 11.8 Å². The molecule has 0 aromatic heterocycles. The molecule has 4 rings (SSSR count). The molecule has 0 radical (unpaired) electrons. The average molecular weight is 438 g/mol. The molecular weight excluding hydrogens is 406 g/mol. The van der Waals surface area contributed by atoms with Gasteiger partial charge < -0.3 is 26.6 Å². The summed E-state index contributed by atoms with van der Waals surface area (Å²) in [6.45, 7) is 5.35. The number of β-lactam (4-membered cyclic amide) rings is 1. The minimum Gasteiger partial charge on any atom is -0.477 e. The second kappa shape index (κ2) is 8.05. The van der Waals surface area contributed by atoms with Crippen molar-refractivity contribution < 1.29 is 19.8 Å². The largest absolute Gasteiger partial charge is 0.477 e. The van der Waals surface area contributed by atoms with Crippen LogP contribution in [0.25, 0.3) is 0 Å². The van der Waals surface area contributed by atoms with E-state index in [2.05, 4.69) is 9.89 Å². The summed E-state index contributed by atoms with van der Waals surface area (Å²) in [7, 11) is 0. The molecule has 30 heavy (non-hydrogen) atoms. The third-order valence-corrected chi connectivity index (χ3v) is 8.40. The molecule has 6 N–H and O–H groups in total. The summed E-state index contributed by atoms with van der Waals surface area (Å²) in [6, 6.07) is 0.392. The van der Waals surface area contributed by atoms with E-state index in [-0.39, 0.29) is 35.6 Å². The number of nitrogens with zero attached hydrogens (tertiary/aromatic N) is 3. The molecule has 9 nitrogen and oxygen atoms in total. The fourth-order valence-corrected chi connectivity index (χ4v) is 7.04. The van der Waals surface area contributed by atoms with Gasteiger partial charge in [-0.2, -0.15) is 0 Å². The van der Waals surface area contributed by atoms with Crippen molar-refractivity contribution in [2.24, 2.45) is 28.3 Å². The van der Waals surface area contributed by atoms with Gasteiger partial charge >= 0.3 is 5.97 Å². The minimum absolute atomic E-state index is 0.0756. The number of guanidine groups is 1. The maximum absolute atomic E-state index is 12.4. The normalized spacial score (nSPS) is 35.5. The monoisotopic (exact) mass is 437 g/mol. The summed E-state index contributed by atoms with van der Waals surface area (Å²) >= 11 is 1.60. The Morgan fingerprint density at radius 3 is 2.60 bits per heavy atom. The number of fused-ring (bicyclic) bond motifs is 1. The molecule has 10 heteroatoms. The van der Waals surface area contributed by atoms with Crippen LogP contribution >= 0.6 is 11.8 Å². The number of carboxylic acid groups (broad SMARTS) is 1. The molecule has 1 aliphatic carbocycles. The molecule has 0 aromatic rings. The van der Waals surface area contributed by atoms with Crippen molar-refractivity contribution in [3.8, 4) is 0 Å². The lowest BCUT2D eigenvalue weighted by Crippen LogP contribution is -2.63. The molecule has 3 aliphatic heterocycles. The highest BCUT2D eigenvalue weighted by atomic mass is 32.2. The minimum atomic E-state index is -1.06. The first-order chi connectivity index (χ1) is 14.2. The molecule has 4 aliphatic rings. The van der Waals surface area contributed by atoms with Crippen molar-refractivity contribution in [3.05, 3.63) is 10.6 Å². The smallest absolute Gasteiger partial charge is 0.353 e. The number of carbonyl (C=O) groups excluding carboxylic acids is 1. The molecule has 0 bridgehead atoms. The first-order valence-electron chi connectivity index (χ1n) is 10.7. The van der Waals surface area contributed by atoms with Crippen molar-refractivity contribution in [2.75, 3.05) is 13.1 Å². The molecule has 0 spiro atoms. The highest BCUT2D eigenvalue weighted by molar-refractivity contribution is 8.03. The SMILES string of the molecule is CC1C(SC2CN([C@@H]3CCC[C@H](N=C(N)N)C3)C2)=C(C(=O)O)N2C(=O)C([C@@H](C)O)C12. The zero-order valence-corrected chi connectivity index (χ0v) is 18.2. The number of aliphatic hydroxyl groups excluding tert-OH is 1. The Kier molecular flexibility index (Phi) is 5.75. The van der Waals surface area contributed by atoms with E-state index in [4.69, 9.17) is 11.5 Å². The summed E-state index contributed by atoms with van der Waals surface area (Å²) in [6.07, 6.45) is 3.43. The summed E-state index contributed by atoms with van der Waals surface area (Å²) in [5.41, 5.74) is 11.2. The van der Waals surface area contributed by atoms with Gasteiger partial charge in [-0.25, -0.2) is 4.79 Å². The first kappa shape index (κ1) is 21.5. The molecule has 3 unspecified atom stereocenters. The van der Waals surface area contributed by atoms with Crippen LogP contribution in [0.2, 0.25) is 0 Å². The molecule has 1 saturated carbocycles. The molecule has 0 aromatic carbocycles. The van der Waals surface area contributed by atoms with Crippen molar-refractivity contribution >= 4 is 29.6 Å². The van der Waals surface area contributed by atoms with E-state index in [1.165, 1.54) is 4.90 Å². The maximum atomic E-state index is 12.4. The van der Waals surface area contributed by atoms with E-state index >= 15 is 0 Å². The maximum Gasteiger partial charge on any atom is 0.353 e. The highest BCUT2D eigenvalue weighted by Gasteiger charge is 2.60. The third-order valence-electron chi connectivity index (χ3n) is 6.95. The quantitative estimate of drug-likeness (QED) is 0.261. The predicted octanol–water partition coefficient (Wildman–Crippen LogP) is 0.142. The topological polar surface area (TPSA) is 145 Å². The Labute approximate surface area is 180 Å². The zero-order chi connectivity index (χ0) is 21.7. The van der Waals surface area contributed by atoms with E-state index in [9.17, 15) is 19.8 Å². The van der Waals surface area contributed by atoms with Crippen LogP contribution in [-0.2, 0) is 9.59 Å². The summed E-state index contributed by atoms with van der Waals surface area (Å²) in [5, 5.41) is 20.0. The van der Waals surface area contributed by atoms with Gasteiger partial charge in [0.1, 0.15) is 5.70 Å². The highest BCUT2D eigenvalue weighted by Crippen LogP contribution is 2.52. The van der Waals surface area contributed by atoms with Crippen LogP contribution in [0.1, 0.15) is 39.5 Å². The number of thioether (sulfide) groups is 1. The van der Waals surface area contributed by atoms with Crippen LogP contribution < -0.4 is 11.5 Å². The fraction of sp³-hybridized carbons (Fsp3) is 0.750. The van der Waals surface area contributed by atoms with Crippen LogP contribution in [0.15, 0.2) is 15.6 Å². The number of amides is 1. The van der Waals surface area contributed by atoms with Crippen LogP contribution in [-0.4, -0.2) is 80.4 Å². The van der Waals surface area contributed by atoms with Gasteiger partial charge in [0.25, 0.3) is 0 Å². The Bertz CT molecular complexity index is 790. The van der Waals surface area contributed by atoms with Gasteiger partial charge in [-0.1, -0.05) is 6.92 Å². The zero-order valence-electron chi connectivity index (χ0n) is 17.4. The standard InChI is InChI=1S/C20H31N5O4S/c1-9-15-14(10(2)26)18(27)25(15)16(19(28)29)17(9)30-13-7-24(8-13)12-5-3-4-11(6-12)23-20(21)22/h9-15,26H,3-8H2,1-2H3,(H,28,29)(H4,21,22,23)/t9?,10-,11+,12-,14?,15?/m1/s1. The first-order valence-corrected chi connectivity index (χ1v) is 11.5. The third kappa shape index (κ3) is 3.58. The van der Waals surface area contributed by atoms with Gasteiger partial charge in [-0.15, -0.1) is 11.8 Å². The lowest BCUT2D eigenvalue weighted by Gasteiger charge is -2.47. The lowest BCUT2D eigenvalue weighted by atomic mass is 9.79. The average Bonchev–Trinajstić information content (AvgIpc) is 2.86. The second-order valence-corrected chi connectivity index (χ2v) is 10.3. The molecule has 166 valence electrons. The van der Waals surface area contributed by atoms with Crippen LogP contribution in [0.5, 0.6) is 0 Å². The number of carbonyl (C=O) groups is 2. The van der Waals surface area contributed by atoms with Crippen molar-refractivity contribution in [1.82, 2.24) is 9.80 Å². The van der Waals surface area contributed by atoms with Gasteiger partial charge in [0.05, 0.1) is 24.1 Å². The van der Waals surface area contributed by atoms with Crippen molar-refractivity contribution in [3.63, 3.8) is 0 Å². The molecule has 1 amide bonds. The number of carboxylic acids is 1. The van der Waals surface area contributed by atoms with Crippen molar-refractivity contribution in [1.29, 1.82) is 0 Å². The van der Waals surface area contributed by atoms with E-state index in [1.807, 2.05) is 6.92 Å². The molecular formula is C20H31N5O4S. The van der Waals surface area contributed by atoms with Gasteiger partial charge in [-0.3, -0.25) is 14.7 Å². The Balaban J connectivity index is 1.39. The number of hydrogen-bond donors (Lipinski definition) is 4. The summed E-state index contributed by atoms with van der Waals surface area (Å²) in [5.74, 6) is -1.78. The molecule has 2 saturated heterocycles. The number of aliphatic carboxylic acids is 1. The van der Waals surface area contributed by atoms with Crippen molar-refractivity contribution in [2.45, 2.75) is 69.0 Å². The number of aliphatic hydroxyl groups is 1. The molecule has 6 atom stereocenters. The molecule has 3 heterocycles. The van der Waals surface area contributed by atoms with Gasteiger partial charge in [-0.05, 0) is 32.6 Å². The lowest BCUT2D eigenvalue weighted by molar-refractivity contribution is -0.163. The van der Waals surface area contributed by atoms with Gasteiger partial charge in [0, 0.05) is 35.2 Å². The summed E-state index contributed by atoms with van der Waals surface area (Å²) < 4.78 is 0. The van der Waals surface area contributed by atoms with E-state index in [0.29, 0.717) is 11.3 Å². The van der Waals surface area contributed by atoms with Crippen LogP contribution in [0.3, 0.4) is 0 Å². The van der Waals surface area contributed by atoms with Gasteiger partial charge in [0.15, 0.2) is 5.96 Å². The number of likely N-dealkylation sites (tertiary alicyclic amines) is 1. The van der Waals surface area contributed by atoms with Gasteiger partial charge in [0.2, 0.25) is 5.91 Å². The number of rotatable bonds is 6. The second-order valence-electron chi connectivity index (χ2n) is 8.99. The van der Waals surface area contributed by atoms with E-state index in [0.717, 1.165) is 43.7 Å². The number of hydrogen-bond acceptors (Lipinski definition) is 6. The fourth-order valence-electron chi connectivity index (χ4n) is 5.50. The van der Waals surface area contributed by atoms with E-state index < -0.39 is 18.0 Å². The Morgan fingerprint density at radius 2 is 2.00 bits per heavy atom. The Hall–Kier alpha value is -1.78.